The summed E-state index contributed by atoms with van der Waals surface area (Å²) in [5, 5.41) is 49.1. The molecule has 0 bridgehead atoms. The van der Waals surface area contributed by atoms with Gasteiger partial charge in [-0.2, -0.15) is 0 Å². The van der Waals surface area contributed by atoms with E-state index < -0.39 is 61.5 Å². The van der Waals surface area contributed by atoms with Crippen LogP contribution in [0.5, 0.6) is 5.75 Å². The Morgan fingerprint density at radius 3 is 2.41 bits per heavy atom. The molecule has 2 aliphatic rings. The van der Waals surface area contributed by atoms with Gasteiger partial charge in [-0.25, -0.2) is 4.79 Å². The second kappa shape index (κ2) is 13.0. The molecule has 0 saturated carbocycles. The smallest absolute Gasteiger partial charge is 0.337 e. The Morgan fingerprint density at radius 2 is 1.78 bits per heavy atom. The monoisotopic (exact) mass is 524 g/mol. The van der Waals surface area contributed by atoms with E-state index in [1.807, 2.05) is 0 Å². The maximum atomic E-state index is 12.7. The number of allylic oxidation sites excluding steroid dienone is 1. The summed E-state index contributed by atoms with van der Waals surface area (Å²) in [4.78, 5) is 25.1. The highest BCUT2D eigenvalue weighted by Gasteiger charge is 2.46. The predicted octanol–water partition coefficient (Wildman–Crippen LogP) is -0.340. The zero-order valence-electron chi connectivity index (χ0n) is 20.4. The van der Waals surface area contributed by atoms with E-state index in [9.17, 15) is 35.1 Å². The number of aromatic hydroxyl groups is 1. The Balaban J connectivity index is 1.71. The minimum absolute atomic E-state index is 0.0414. The number of esters is 2. The van der Waals surface area contributed by atoms with Crippen LogP contribution in [0.1, 0.15) is 18.9 Å². The highest BCUT2D eigenvalue weighted by atomic mass is 16.8. The molecule has 1 fully saturated rings. The second-order valence-corrected chi connectivity index (χ2v) is 8.55. The van der Waals surface area contributed by atoms with Crippen molar-refractivity contribution in [3.63, 3.8) is 0 Å². The van der Waals surface area contributed by atoms with Crippen molar-refractivity contribution in [3.05, 3.63) is 53.3 Å². The third kappa shape index (κ3) is 6.86. The fourth-order valence-corrected chi connectivity index (χ4v) is 4.10. The molecule has 0 spiro atoms. The van der Waals surface area contributed by atoms with Crippen LogP contribution in [0.2, 0.25) is 0 Å². The van der Waals surface area contributed by atoms with Gasteiger partial charge in [0.15, 0.2) is 6.29 Å². The quantitative estimate of drug-likeness (QED) is 0.210. The number of aliphatic hydroxyl groups excluding tert-OH is 4. The number of carbonyl (C=O) groups excluding carboxylic acids is 2. The van der Waals surface area contributed by atoms with Crippen LogP contribution in [0.4, 0.5) is 0 Å². The average molecular weight is 525 g/mol. The standard InChI is InChI=1S/C25H32O12/c1-3-15-16(10-19(28)34-9-8-13-4-6-14(27)7-5-13)17(23(32)33-2)12-35-24(15)37-25-22(31)21(30)20(29)18(11-26)36-25/h3-7,12,16,18,20-22,24-27,29-31H,8-11H2,1-2H3/b15-3+/t16-,18+,20+,21-,22+,24+,25-/m0/s1. The number of rotatable bonds is 9. The first-order chi connectivity index (χ1) is 17.7. The van der Waals surface area contributed by atoms with Crippen molar-refractivity contribution < 1.29 is 58.8 Å². The number of hydrogen-bond acceptors (Lipinski definition) is 12. The molecule has 0 aliphatic carbocycles. The highest BCUT2D eigenvalue weighted by Crippen LogP contribution is 2.36. The van der Waals surface area contributed by atoms with Crippen molar-refractivity contribution in [1.29, 1.82) is 0 Å². The molecular formula is C25H32O12. The van der Waals surface area contributed by atoms with Crippen molar-refractivity contribution in [2.45, 2.75) is 56.8 Å². The van der Waals surface area contributed by atoms with Gasteiger partial charge in [0.2, 0.25) is 6.29 Å². The van der Waals surface area contributed by atoms with Crippen molar-refractivity contribution in [2.75, 3.05) is 20.3 Å². The summed E-state index contributed by atoms with van der Waals surface area (Å²) in [6.45, 7) is 1.06. The van der Waals surface area contributed by atoms with E-state index in [1.165, 1.54) is 19.2 Å². The molecule has 1 aromatic rings. The fraction of sp³-hybridized carbons (Fsp3) is 0.520. The number of hydrogen-bond donors (Lipinski definition) is 5. The maximum Gasteiger partial charge on any atom is 0.337 e. The van der Waals surface area contributed by atoms with E-state index in [1.54, 1.807) is 25.1 Å². The minimum atomic E-state index is -1.67. The van der Waals surface area contributed by atoms with Gasteiger partial charge in [0.1, 0.15) is 30.2 Å². The first kappa shape index (κ1) is 28.6. The second-order valence-electron chi connectivity index (χ2n) is 8.55. The third-order valence-corrected chi connectivity index (χ3v) is 6.19. The number of carbonyl (C=O) groups is 2. The first-order valence-electron chi connectivity index (χ1n) is 11.7. The number of phenols is 1. The molecule has 7 atom stereocenters. The third-order valence-electron chi connectivity index (χ3n) is 6.19. The molecule has 5 N–H and O–H groups in total. The zero-order valence-corrected chi connectivity index (χ0v) is 20.4. The molecule has 0 unspecified atom stereocenters. The predicted molar refractivity (Wildman–Crippen MR) is 124 cm³/mol. The Morgan fingerprint density at radius 1 is 1.08 bits per heavy atom. The van der Waals surface area contributed by atoms with E-state index in [0.29, 0.717) is 12.0 Å². The van der Waals surface area contributed by atoms with Gasteiger partial charge in [0.25, 0.3) is 0 Å². The van der Waals surface area contributed by atoms with Crippen LogP contribution in [0.15, 0.2) is 47.7 Å². The molecule has 3 rings (SSSR count). The number of aliphatic hydroxyl groups is 4. The molecule has 1 saturated heterocycles. The molecule has 12 heteroatoms. The van der Waals surface area contributed by atoms with E-state index in [4.69, 9.17) is 23.7 Å². The van der Waals surface area contributed by atoms with Gasteiger partial charge in [-0.15, -0.1) is 0 Å². The Bertz CT molecular complexity index is 986. The van der Waals surface area contributed by atoms with Crippen LogP contribution in [0, 0.1) is 5.92 Å². The van der Waals surface area contributed by atoms with Crippen LogP contribution in [0.3, 0.4) is 0 Å². The molecule has 12 nitrogen and oxygen atoms in total. The molecule has 2 heterocycles. The lowest BCUT2D eigenvalue weighted by Crippen LogP contribution is -2.60. The minimum Gasteiger partial charge on any atom is -0.508 e. The van der Waals surface area contributed by atoms with Crippen LogP contribution in [0.25, 0.3) is 0 Å². The van der Waals surface area contributed by atoms with E-state index in [2.05, 4.69) is 0 Å². The van der Waals surface area contributed by atoms with Crippen LogP contribution >= 0.6 is 0 Å². The highest BCUT2D eigenvalue weighted by molar-refractivity contribution is 5.90. The molecule has 1 aromatic carbocycles. The van der Waals surface area contributed by atoms with Gasteiger partial charge in [-0.3, -0.25) is 4.79 Å². The largest absolute Gasteiger partial charge is 0.508 e. The van der Waals surface area contributed by atoms with Crippen molar-refractivity contribution in [3.8, 4) is 5.75 Å². The lowest BCUT2D eigenvalue weighted by molar-refractivity contribution is -0.327. The number of benzene rings is 1. The van der Waals surface area contributed by atoms with Gasteiger partial charge in [0.05, 0.1) is 38.6 Å². The van der Waals surface area contributed by atoms with Gasteiger partial charge in [-0.05, 0) is 24.6 Å². The maximum absolute atomic E-state index is 12.7. The summed E-state index contributed by atoms with van der Waals surface area (Å²) in [6, 6.07) is 6.47. The summed E-state index contributed by atoms with van der Waals surface area (Å²) in [7, 11) is 1.18. The van der Waals surface area contributed by atoms with Crippen LogP contribution in [-0.2, 0) is 39.7 Å². The van der Waals surface area contributed by atoms with E-state index in [-0.39, 0.29) is 24.4 Å². The number of ether oxygens (including phenoxy) is 5. The first-order valence-corrected chi connectivity index (χ1v) is 11.7. The Kier molecular flexibility index (Phi) is 10.0. The van der Waals surface area contributed by atoms with Gasteiger partial charge in [0, 0.05) is 17.9 Å². The molecule has 2 aliphatic heterocycles. The van der Waals surface area contributed by atoms with Crippen molar-refractivity contribution in [2.24, 2.45) is 5.92 Å². The molecule has 37 heavy (non-hydrogen) atoms. The van der Waals surface area contributed by atoms with E-state index in [0.717, 1.165) is 11.8 Å². The average Bonchev–Trinajstić information content (AvgIpc) is 2.89. The topological polar surface area (TPSA) is 181 Å². The van der Waals surface area contributed by atoms with E-state index >= 15 is 0 Å². The lowest BCUT2D eigenvalue weighted by atomic mass is 9.86. The zero-order chi connectivity index (χ0) is 27.1. The summed E-state index contributed by atoms with van der Waals surface area (Å²) in [5.74, 6) is -2.07. The molecule has 0 aromatic heterocycles. The molecular weight excluding hydrogens is 492 g/mol. The summed E-state index contributed by atoms with van der Waals surface area (Å²) < 4.78 is 26.8. The van der Waals surface area contributed by atoms with Gasteiger partial charge < -0.3 is 49.2 Å². The summed E-state index contributed by atoms with van der Waals surface area (Å²) in [5.41, 5.74) is 1.23. The SMILES string of the molecule is C/C=C1/[C@@H](O[C@@H]2O[C@H](CO)[C@@H](O)[C@H](O)[C@H]2O)OC=C(C(=O)OC)[C@H]1CC(=O)OCCc1ccc(O)cc1. The summed E-state index contributed by atoms with van der Waals surface area (Å²) in [6.07, 6.45) is -6.02. The van der Waals surface area contributed by atoms with Crippen molar-refractivity contribution in [1.82, 2.24) is 0 Å². The molecule has 0 radical (unpaired) electrons. The molecule has 204 valence electrons. The van der Waals surface area contributed by atoms with Crippen LogP contribution < -0.4 is 0 Å². The normalized spacial score (nSPS) is 30.8. The Hall–Kier alpha value is -3.00. The Labute approximate surface area is 213 Å². The molecule has 0 amide bonds. The lowest BCUT2D eigenvalue weighted by Gasteiger charge is -2.41. The van der Waals surface area contributed by atoms with Gasteiger partial charge >= 0.3 is 11.9 Å². The number of methoxy groups -OCH3 is 1. The van der Waals surface area contributed by atoms with Crippen molar-refractivity contribution >= 4 is 11.9 Å². The fourth-order valence-electron chi connectivity index (χ4n) is 4.10. The van der Waals surface area contributed by atoms with Crippen LogP contribution in [-0.4, -0.2) is 94.8 Å². The van der Waals surface area contributed by atoms with Gasteiger partial charge in [-0.1, -0.05) is 18.2 Å². The number of phenolic OH excluding ortho intramolecular Hbond substituents is 1. The summed E-state index contributed by atoms with van der Waals surface area (Å²) >= 11 is 0.